The van der Waals surface area contributed by atoms with E-state index in [2.05, 4.69) is 9.97 Å². The Morgan fingerprint density at radius 3 is 3.00 bits per heavy atom. The molecular formula is C19H18ClN3O2S. The van der Waals surface area contributed by atoms with Crippen LogP contribution in [0, 0.1) is 0 Å². The van der Waals surface area contributed by atoms with Crippen LogP contribution in [-0.2, 0) is 6.42 Å². The molecule has 0 N–H and O–H groups in total. The molecule has 134 valence electrons. The second-order valence-corrected chi connectivity index (χ2v) is 7.60. The third-order valence-electron chi connectivity index (χ3n) is 4.59. The van der Waals surface area contributed by atoms with Gasteiger partial charge in [-0.3, -0.25) is 9.78 Å². The molecule has 26 heavy (non-hydrogen) atoms. The number of carbonyl (C=O) groups is 1. The van der Waals surface area contributed by atoms with E-state index in [9.17, 15) is 4.79 Å². The van der Waals surface area contributed by atoms with Crippen LogP contribution in [0.25, 0.3) is 0 Å². The van der Waals surface area contributed by atoms with Crippen molar-refractivity contribution in [1.82, 2.24) is 14.9 Å². The Hall–Kier alpha value is -2.18. The summed E-state index contributed by atoms with van der Waals surface area (Å²) in [5.74, 6) is 1.36. The van der Waals surface area contributed by atoms with Crippen LogP contribution in [0.15, 0.2) is 46.6 Å². The van der Waals surface area contributed by atoms with Gasteiger partial charge in [-0.2, -0.15) is 0 Å². The lowest BCUT2D eigenvalue weighted by Gasteiger charge is -2.33. The van der Waals surface area contributed by atoms with Gasteiger partial charge >= 0.3 is 0 Å². The maximum atomic E-state index is 12.8. The van der Waals surface area contributed by atoms with Crippen LogP contribution >= 0.6 is 22.9 Å². The van der Waals surface area contributed by atoms with Crippen LogP contribution in [0.4, 0.5) is 0 Å². The number of rotatable bonds is 4. The van der Waals surface area contributed by atoms with Gasteiger partial charge in [0.05, 0.1) is 17.9 Å². The Morgan fingerprint density at radius 2 is 2.19 bits per heavy atom. The first-order chi connectivity index (χ1) is 12.7. The predicted molar refractivity (Wildman–Crippen MR) is 101 cm³/mol. The molecule has 1 aliphatic rings. The molecule has 3 heterocycles. The Labute approximate surface area is 160 Å². The van der Waals surface area contributed by atoms with Crippen LogP contribution in [0.5, 0.6) is 0 Å². The van der Waals surface area contributed by atoms with Gasteiger partial charge in [0.2, 0.25) is 5.89 Å². The standard InChI is InChI=1S/C19H18ClN3O2S/c20-15-6-2-1-5-13(15)9-14-10-22-18(25-14)16-7-3-4-8-23(16)19(24)17-11-21-12-26-17/h1-2,5-6,10-12,16H,3-4,7-9H2. The van der Waals surface area contributed by atoms with Crippen LogP contribution in [0.3, 0.4) is 0 Å². The van der Waals surface area contributed by atoms with Crippen molar-refractivity contribution in [3.8, 4) is 0 Å². The second kappa shape index (κ2) is 7.60. The molecule has 1 fully saturated rings. The van der Waals surface area contributed by atoms with E-state index in [1.807, 2.05) is 29.2 Å². The molecule has 0 spiro atoms. The topological polar surface area (TPSA) is 59.2 Å². The van der Waals surface area contributed by atoms with Gasteiger partial charge in [0.15, 0.2) is 0 Å². The number of piperidine rings is 1. The van der Waals surface area contributed by atoms with E-state index in [-0.39, 0.29) is 11.9 Å². The monoisotopic (exact) mass is 387 g/mol. The molecule has 7 heteroatoms. The van der Waals surface area contributed by atoms with Crippen molar-refractivity contribution in [2.24, 2.45) is 0 Å². The molecule has 1 saturated heterocycles. The summed E-state index contributed by atoms with van der Waals surface area (Å²) in [6, 6.07) is 7.58. The van der Waals surface area contributed by atoms with E-state index in [1.54, 1.807) is 17.9 Å². The SMILES string of the molecule is O=C(c1cncs1)N1CCCCC1c1ncc(Cc2ccccc2Cl)o1. The van der Waals surface area contributed by atoms with Gasteiger partial charge < -0.3 is 9.32 Å². The van der Waals surface area contributed by atoms with Gasteiger partial charge in [-0.05, 0) is 30.9 Å². The molecule has 2 aromatic heterocycles. The molecule has 3 aromatic rings. The third-order valence-corrected chi connectivity index (χ3v) is 5.72. The smallest absolute Gasteiger partial charge is 0.266 e. The minimum absolute atomic E-state index is 0.00283. The zero-order valence-corrected chi connectivity index (χ0v) is 15.7. The van der Waals surface area contributed by atoms with Crippen molar-refractivity contribution in [2.75, 3.05) is 6.54 Å². The van der Waals surface area contributed by atoms with Gasteiger partial charge in [0.1, 0.15) is 16.7 Å². The highest BCUT2D eigenvalue weighted by Crippen LogP contribution is 2.33. The van der Waals surface area contributed by atoms with Gasteiger partial charge in [-0.1, -0.05) is 29.8 Å². The highest BCUT2D eigenvalue weighted by Gasteiger charge is 2.32. The number of benzene rings is 1. The number of halogens is 1. The quantitative estimate of drug-likeness (QED) is 0.648. The Balaban J connectivity index is 1.55. The summed E-state index contributed by atoms with van der Waals surface area (Å²) >= 11 is 7.59. The van der Waals surface area contributed by atoms with E-state index >= 15 is 0 Å². The molecule has 0 bridgehead atoms. The molecule has 5 nitrogen and oxygen atoms in total. The van der Waals surface area contributed by atoms with Crippen molar-refractivity contribution < 1.29 is 9.21 Å². The van der Waals surface area contributed by atoms with E-state index < -0.39 is 0 Å². The Bertz CT molecular complexity index is 894. The highest BCUT2D eigenvalue weighted by atomic mass is 35.5. The highest BCUT2D eigenvalue weighted by molar-refractivity contribution is 7.11. The summed E-state index contributed by atoms with van der Waals surface area (Å²) in [6.07, 6.45) is 6.85. The lowest BCUT2D eigenvalue weighted by atomic mass is 10.0. The molecule has 0 saturated carbocycles. The molecule has 1 amide bonds. The Morgan fingerprint density at radius 1 is 1.31 bits per heavy atom. The van der Waals surface area contributed by atoms with E-state index in [1.165, 1.54) is 11.3 Å². The maximum absolute atomic E-state index is 12.8. The number of hydrogen-bond donors (Lipinski definition) is 0. The summed E-state index contributed by atoms with van der Waals surface area (Å²) < 4.78 is 6.00. The minimum atomic E-state index is -0.127. The van der Waals surface area contributed by atoms with E-state index in [0.717, 1.165) is 30.6 Å². The van der Waals surface area contributed by atoms with Gasteiger partial charge in [-0.25, -0.2) is 4.98 Å². The molecule has 4 rings (SSSR count). The fourth-order valence-corrected chi connectivity index (χ4v) is 4.06. The van der Waals surface area contributed by atoms with Gasteiger partial charge in [0.25, 0.3) is 5.91 Å². The number of aromatic nitrogens is 2. The summed E-state index contributed by atoms with van der Waals surface area (Å²) in [6.45, 7) is 0.712. The predicted octanol–water partition coefficient (Wildman–Crippen LogP) is 4.74. The zero-order valence-electron chi connectivity index (χ0n) is 14.1. The molecular weight excluding hydrogens is 370 g/mol. The number of carbonyl (C=O) groups excluding carboxylic acids is 1. The van der Waals surface area contributed by atoms with Crippen LogP contribution < -0.4 is 0 Å². The minimum Gasteiger partial charge on any atom is -0.443 e. The van der Waals surface area contributed by atoms with E-state index in [4.69, 9.17) is 16.0 Å². The largest absolute Gasteiger partial charge is 0.443 e. The van der Waals surface area contributed by atoms with Crippen molar-refractivity contribution in [3.05, 3.63) is 69.3 Å². The average Bonchev–Trinajstić information content (AvgIpc) is 3.35. The normalized spacial score (nSPS) is 17.4. The molecule has 1 aromatic carbocycles. The first kappa shape index (κ1) is 17.2. The maximum Gasteiger partial charge on any atom is 0.266 e. The summed E-state index contributed by atoms with van der Waals surface area (Å²) in [4.78, 5) is 23.8. The number of oxazole rings is 1. The van der Waals surface area contributed by atoms with Crippen LogP contribution in [0.1, 0.15) is 52.2 Å². The van der Waals surface area contributed by atoms with Gasteiger partial charge in [0, 0.05) is 18.0 Å². The van der Waals surface area contributed by atoms with Crippen molar-refractivity contribution in [1.29, 1.82) is 0 Å². The molecule has 0 aliphatic carbocycles. The first-order valence-corrected chi connectivity index (χ1v) is 9.85. The molecule has 1 atom stereocenters. The molecule has 1 unspecified atom stereocenters. The summed E-state index contributed by atoms with van der Waals surface area (Å²) in [5, 5.41) is 0.713. The number of thiazole rings is 1. The lowest BCUT2D eigenvalue weighted by molar-refractivity contribution is 0.0575. The van der Waals surface area contributed by atoms with Crippen LogP contribution in [0.2, 0.25) is 5.02 Å². The van der Waals surface area contributed by atoms with Crippen LogP contribution in [-0.4, -0.2) is 27.3 Å². The fraction of sp³-hybridized carbons (Fsp3) is 0.316. The second-order valence-electron chi connectivity index (χ2n) is 6.31. The average molecular weight is 388 g/mol. The molecule has 0 radical (unpaired) electrons. The number of nitrogens with zero attached hydrogens (tertiary/aromatic N) is 3. The first-order valence-electron chi connectivity index (χ1n) is 8.60. The van der Waals surface area contributed by atoms with Gasteiger partial charge in [-0.15, -0.1) is 11.3 Å². The van der Waals surface area contributed by atoms with Crippen molar-refractivity contribution in [3.63, 3.8) is 0 Å². The van der Waals surface area contributed by atoms with E-state index in [0.29, 0.717) is 28.8 Å². The van der Waals surface area contributed by atoms with Crippen molar-refractivity contribution in [2.45, 2.75) is 31.7 Å². The summed E-state index contributed by atoms with van der Waals surface area (Å²) in [5.41, 5.74) is 2.68. The molecule has 1 aliphatic heterocycles. The lowest BCUT2D eigenvalue weighted by Crippen LogP contribution is -2.38. The van der Waals surface area contributed by atoms with Crippen molar-refractivity contribution >= 4 is 28.8 Å². The fourth-order valence-electron chi connectivity index (χ4n) is 3.28. The number of hydrogen-bond acceptors (Lipinski definition) is 5. The number of likely N-dealkylation sites (tertiary alicyclic amines) is 1. The summed E-state index contributed by atoms with van der Waals surface area (Å²) in [7, 11) is 0. The Kier molecular flexibility index (Phi) is 5.04. The zero-order chi connectivity index (χ0) is 17.9. The third kappa shape index (κ3) is 3.52. The number of amides is 1.